The zero-order valence-corrected chi connectivity index (χ0v) is 12.2. The second kappa shape index (κ2) is 5.02. The zero-order valence-electron chi connectivity index (χ0n) is 11.5. The molecule has 0 N–H and O–H groups in total. The van der Waals surface area contributed by atoms with Crippen LogP contribution in [-0.4, -0.2) is 0 Å². The van der Waals surface area contributed by atoms with E-state index in [1.807, 2.05) is 0 Å². The van der Waals surface area contributed by atoms with E-state index in [0.29, 0.717) is 5.92 Å². The van der Waals surface area contributed by atoms with Crippen LogP contribution >= 0.6 is 11.6 Å². The Hall–Kier alpha value is -1.27. The molecule has 0 spiro atoms. The van der Waals surface area contributed by atoms with Crippen molar-refractivity contribution in [3.63, 3.8) is 0 Å². The van der Waals surface area contributed by atoms with Gasteiger partial charge in [0, 0.05) is 0 Å². The van der Waals surface area contributed by atoms with E-state index in [1.165, 1.54) is 27.8 Å². The van der Waals surface area contributed by atoms with E-state index in [-0.39, 0.29) is 5.38 Å². The smallest absolute Gasteiger partial charge is 0.0622 e. The van der Waals surface area contributed by atoms with Gasteiger partial charge in [-0.2, -0.15) is 0 Å². The molecule has 0 aromatic heterocycles. The van der Waals surface area contributed by atoms with Crippen LogP contribution in [0.1, 0.15) is 33.2 Å². The Labute approximate surface area is 120 Å². The Balaban J connectivity index is 1.87. The van der Waals surface area contributed by atoms with Crippen molar-refractivity contribution in [2.45, 2.75) is 32.1 Å². The second-order valence-electron chi connectivity index (χ2n) is 5.64. The molecule has 0 radical (unpaired) electrons. The molecule has 2 unspecified atom stereocenters. The SMILES string of the molecule is Cc1cccc(C)c1CC1Cc2ccccc2C1Cl. The van der Waals surface area contributed by atoms with Crippen molar-refractivity contribution in [3.8, 4) is 0 Å². The number of hydrogen-bond acceptors (Lipinski definition) is 0. The Morgan fingerprint density at radius 2 is 1.68 bits per heavy atom. The van der Waals surface area contributed by atoms with E-state index in [1.54, 1.807) is 0 Å². The summed E-state index contributed by atoms with van der Waals surface area (Å²) in [5.74, 6) is 0.527. The van der Waals surface area contributed by atoms with Gasteiger partial charge in [-0.15, -0.1) is 11.6 Å². The minimum absolute atomic E-state index is 0.162. The Morgan fingerprint density at radius 3 is 2.37 bits per heavy atom. The van der Waals surface area contributed by atoms with Crippen molar-refractivity contribution in [1.82, 2.24) is 0 Å². The average molecular weight is 271 g/mol. The van der Waals surface area contributed by atoms with Crippen LogP contribution < -0.4 is 0 Å². The van der Waals surface area contributed by atoms with E-state index in [9.17, 15) is 0 Å². The molecule has 3 rings (SSSR count). The molecule has 98 valence electrons. The first kappa shape index (κ1) is 12.7. The first-order valence-electron chi connectivity index (χ1n) is 6.94. The third kappa shape index (κ3) is 2.30. The fraction of sp³-hybridized carbons (Fsp3) is 0.333. The van der Waals surface area contributed by atoms with Gasteiger partial charge in [0.25, 0.3) is 0 Å². The van der Waals surface area contributed by atoms with Gasteiger partial charge < -0.3 is 0 Å². The van der Waals surface area contributed by atoms with E-state index in [4.69, 9.17) is 11.6 Å². The average Bonchev–Trinajstić information content (AvgIpc) is 2.72. The fourth-order valence-corrected chi connectivity index (χ4v) is 3.63. The molecule has 1 aliphatic carbocycles. The number of alkyl halides is 1. The lowest BCUT2D eigenvalue weighted by atomic mass is 9.91. The van der Waals surface area contributed by atoms with Gasteiger partial charge >= 0.3 is 0 Å². The highest BCUT2D eigenvalue weighted by Crippen LogP contribution is 2.42. The van der Waals surface area contributed by atoms with Gasteiger partial charge in [-0.1, -0.05) is 42.5 Å². The van der Waals surface area contributed by atoms with Crippen molar-refractivity contribution in [1.29, 1.82) is 0 Å². The maximum absolute atomic E-state index is 6.66. The van der Waals surface area contributed by atoms with Crippen molar-refractivity contribution in [3.05, 3.63) is 70.3 Å². The van der Waals surface area contributed by atoms with Crippen LogP contribution in [0.3, 0.4) is 0 Å². The maximum Gasteiger partial charge on any atom is 0.0622 e. The summed E-state index contributed by atoms with van der Waals surface area (Å²) in [5, 5.41) is 0.162. The molecule has 0 fully saturated rings. The van der Waals surface area contributed by atoms with E-state index in [2.05, 4.69) is 56.3 Å². The van der Waals surface area contributed by atoms with Crippen molar-refractivity contribution < 1.29 is 0 Å². The highest BCUT2D eigenvalue weighted by atomic mass is 35.5. The molecule has 0 heterocycles. The molecule has 1 aliphatic rings. The van der Waals surface area contributed by atoms with Gasteiger partial charge in [0.15, 0.2) is 0 Å². The molecule has 1 heteroatoms. The van der Waals surface area contributed by atoms with Crippen LogP contribution in [0.4, 0.5) is 0 Å². The summed E-state index contributed by atoms with van der Waals surface area (Å²) in [4.78, 5) is 0. The van der Waals surface area contributed by atoms with E-state index >= 15 is 0 Å². The van der Waals surface area contributed by atoms with Gasteiger partial charge in [-0.3, -0.25) is 0 Å². The Kier molecular flexibility index (Phi) is 3.36. The largest absolute Gasteiger partial charge is 0.117 e. The first-order chi connectivity index (χ1) is 9.16. The van der Waals surface area contributed by atoms with Crippen LogP contribution in [0.15, 0.2) is 42.5 Å². The van der Waals surface area contributed by atoms with Crippen molar-refractivity contribution >= 4 is 11.6 Å². The van der Waals surface area contributed by atoms with Gasteiger partial charge in [-0.05, 0) is 60.4 Å². The summed E-state index contributed by atoms with van der Waals surface area (Å²) in [6.07, 6.45) is 2.19. The molecule has 2 aromatic carbocycles. The van der Waals surface area contributed by atoms with E-state index in [0.717, 1.165) is 12.8 Å². The minimum atomic E-state index is 0.162. The predicted octanol–water partition coefficient (Wildman–Crippen LogP) is 5.00. The lowest BCUT2D eigenvalue weighted by Crippen LogP contribution is -2.09. The maximum atomic E-state index is 6.66. The highest BCUT2D eigenvalue weighted by molar-refractivity contribution is 6.21. The molecule has 0 nitrogen and oxygen atoms in total. The predicted molar refractivity (Wildman–Crippen MR) is 81.9 cm³/mol. The van der Waals surface area contributed by atoms with Crippen LogP contribution in [0.25, 0.3) is 0 Å². The summed E-state index contributed by atoms with van der Waals surface area (Å²) >= 11 is 6.66. The molecule has 19 heavy (non-hydrogen) atoms. The first-order valence-corrected chi connectivity index (χ1v) is 7.37. The topological polar surface area (TPSA) is 0 Å². The standard InChI is InChI=1S/C18H19Cl/c1-12-6-5-7-13(2)17(12)11-15-10-14-8-3-4-9-16(14)18(15)19/h3-9,15,18H,10-11H2,1-2H3. The lowest BCUT2D eigenvalue weighted by Gasteiger charge is -2.17. The zero-order chi connectivity index (χ0) is 13.4. The summed E-state index contributed by atoms with van der Waals surface area (Å²) in [5.41, 5.74) is 7.02. The van der Waals surface area contributed by atoms with E-state index < -0.39 is 0 Å². The van der Waals surface area contributed by atoms with Crippen LogP contribution in [0, 0.1) is 19.8 Å². The van der Waals surface area contributed by atoms with Crippen molar-refractivity contribution in [2.24, 2.45) is 5.92 Å². The molecule has 2 atom stereocenters. The number of rotatable bonds is 2. The normalized spacial score (nSPS) is 21.4. The Bertz CT molecular complexity index is 580. The van der Waals surface area contributed by atoms with Crippen LogP contribution in [-0.2, 0) is 12.8 Å². The highest BCUT2D eigenvalue weighted by Gasteiger charge is 2.31. The monoisotopic (exact) mass is 270 g/mol. The number of halogens is 1. The third-order valence-corrected chi connectivity index (χ3v) is 4.95. The summed E-state index contributed by atoms with van der Waals surface area (Å²) in [6, 6.07) is 15.1. The van der Waals surface area contributed by atoms with Gasteiger partial charge in [0.2, 0.25) is 0 Å². The molecule has 0 saturated carbocycles. The molecule has 0 bridgehead atoms. The number of aryl methyl sites for hydroxylation is 2. The van der Waals surface area contributed by atoms with Gasteiger partial charge in [0.05, 0.1) is 5.38 Å². The molecule has 2 aromatic rings. The van der Waals surface area contributed by atoms with Gasteiger partial charge in [0.1, 0.15) is 0 Å². The second-order valence-corrected chi connectivity index (χ2v) is 6.11. The quantitative estimate of drug-likeness (QED) is 0.674. The fourth-order valence-electron chi connectivity index (χ4n) is 3.24. The van der Waals surface area contributed by atoms with Gasteiger partial charge in [-0.25, -0.2) is 0 Å². The van der Waals surface area contributed by atoms with Crippen LogP contribution in [0.2, 0.25) is 0 Å². The number of hydrogen-bond donors (Lipinski definition) is 0. The molecular formula is C18H19Cl. The minimum Gasteiger partial charge on any atom is -0.117 e. The molecule has 0 amide bonds. The lowest BCUT2D eigenvalue weighted by molar-refractivity contribution is 0.541. The Morgan fingerprint density at radius 1 is 1.00 bits per heavy atom. The number of benzene rings is 2. The molecule has 0 aliphatic heterocycles. The molecular weight excluding hydrogens is 252 g/mol. The summed E-state index contributed by atoms with van der Waals surface area (Å²) < 4.78 is 0. The van der Waals surface area contributed by atoms with Crippen LogP contribution in [0.5, 0.6) is 0 Å². The third-order valence-electron chi connectivity index (χ3n) is 4.36. The summed E-state index contributed by atoms with van der Waals surface area (Å²) in [6.45, 7) is 4.40. The van der Waals surface area contributed by atoms with Crippen molar-refractivity contribution in [2.75, 3.05) is 0 Å². The summed E-state index contributed by atoms with van der Waals surface area (Å²) in [7, 11) is 0. The number of fused-ring (bicyclic) bond motifs is 1. The molecule has 0 saturated heterocycles.